The number of aromatic nitrogens is 4. The lowest BCUT2D eigenvalue weighted by molar-refractivity contribution is 0.454. The van der Waals surface area contributed by atoms with Gasteiger partial charge in [-0.15, -0.1) is 11.3 Å². The summed E-state index contributed by atoms with van der Waals surface area (Å²) in [5.41, 5.74) is 0.295. The van der Waals surface area contributed by atoms with E-state index in [2.05, 4.69) is 20.2 Å². The van der Waals surface area contributed by atoms with Crippen molar-refractivity contribution < 1.29 is 8.42 Å². The van der Waals surface area contributed by atoms with Gasteiger partial charge in [-0.2, -0.15) is 9.40 Å². The summed E-state index contributed by atoms with van der Waals surface area (Å²) >= 11 is 1.29. The van der Waals surface area contributed by atoms with Gasteiger partial charge in [0, 0.05) is 7.05 Å². The zero-order valence-electron chi connectivity index (χ0n) is 10.9. The minimum atomic E-state index is -3.69. The van der Waals surface area contributed by atoms with Crippen LogP contribution < -0.4 is 5.56 Å². The molecule has 0 aliphatic carbocycles. The van der Waals surface area contributed by atoms with Gasteiger partial charge < -0.3 is 4.98 Å². The summed E-state index contributed by atoms with van der Waals surface area (Å²) in [6.45, 7) is -0.0393. The molecule has 3 heterocycles. The Morgan fingerprint density at radius 2 is 2.19 bits per heavy atom. The van der Waals surface area contributed by atoms with E-state index in [9.17, 15) is 13.2 Å². The van der Waals surface area contributed by atoms with E-state index in [4.69, 9.17) is 0 Å². The fraction of sp³-hybridized carbons (Fsp3) is 0.182. The van der Waals surface area contributed by atoms with Gasteiger partial charge in [0.15, 0.2) is 5.03 Å². The van der Waals surface area contributed by atoms with Gasteiger partial charge >= 0.3 is 0 Å². The molecule has 110 valence electrons. The highest BCUT2D eigenvalue weighted by molar-refractivity contribution is 7.89. The molecule has 0 aromatic carbocycles. The number of hydrogen-bond donors (Lipinski definition) is 2. The Kier molecular flexibility index (Phi) is 3.35. The molecule has 8 nitrogen and oxygen atoms in total. The second-order valence-corrected chi connectivity index (χ2v) is 7.26. The van der Waals surface area contributed by atoms with Crippen molar-refractivity contribution in [3.05, 3.63) is 39.9 Å². The van der Waals surface area contributed by atoms with Crippen molar-refractivity contribution in [3.8, 4) is 0 Å². The van der Waals surface area contributed by atoms with Crippen LogP contribution in [0.5, 0.6) is 0 Å². The predicted molar refractivity (Wildman–Crippen MR) is 77.5 cm³/mol. The van der Waals surface area contributed by atoms with E-state index in [1.54, 1.807) is 11.4 Å². The molecule has 0 unspecified atom stereocenters. The standard InChI is InChI=1S/C11H11N5O3S2/c1-16(21(18,19)9-2-4-12-15-9)6-8-13-7-3-5-20-10(7)11(17)14-8/h2-5H,6H2,1H3,(H,12,15)(H,13,14,17). The number of nitrogens with zero attached hydrogens (tertiary/aromatic N) is 3. The van der Waals surface area contributed by atoms with Crippen LogP contribution in [0.15, 0.2) is 33.5 Å². The first-order valence-corrected chi connectivity index (χ1v) is 8.22. The van der Waals surface area contributed by atoms with E-state index < -0.39 is 10.0 Å². The Balaban J connectivity index is 1.93. The summed E-state index contributed by atoms with van der Waals surface area (Å²) in [4.78, 5) is 18.7. The van der Waals surface area contributed by atoms with Gasteiger partial charge in [0.05, 0.1) is 18.3 Å². The molecule has 0 atom stereocenters. The minimum Gasteiger partial charge on any atom is -0.308 e. The second kappa shape index (κ2) is 5.06. The predicted octanol–water partition coefficient (Wildman–Crippen LogP) is 0.528. The fourth-order valence-electron chi connectivity index (χ4n) is 1.85. The molecule has 3 aromatic rings. The van der Waals surface area contributed by atoms with Crippen molar-refractivity contribution in [2.24, 2.45) is 0 Å². The Labute approximate surface area is 123 Å². The average Bonchev–Trinajstić information content (AvgIpc) is 3.09. The molecular formula is C11H11N5O3S2. The number of H-pyrrole nitrogens is 2. The van der Waals surface area contributed by atoms with Crippen LogP contribution in [-0.2, 0) is 16.6 Å². The van der Waals surface area contributed by atoms with Gasteiger partial charge in [0.25, 0.3) is 15.6 Å². The van der Waals surface area contributed by atoms with Gasteiger partial charge in [0.1, 0.15) is 10.5 Å². The van der Waals surface area contributed by atoms with Gasteiger partial charge in [-0.25, -0.2) is 13.4 Å². The highest BCUT2D eigenvalue weighted by Gasteiger charge is 2.23. The van der Waals surface area contributed by atoms with Crippen molar-refractivity contribution >= 4 is 31.6 Å². The van der Waals surface area contributed by atoms with Crippen molar-refractivity contribution in [3.63, 3.8) is 0 Å². The summed E-state index contributed by atoms with van der Waals surface area (Å²) in [6.07, 6.45) is 1.36. The quantitative estimate of drug-likeness (QED) is 0.726. The van der Waals surface area contributed by atoms with E-state index in [0.717, 1.165) is 4.31 Å². The van der Waals surface area contributed by atoms with E-state index in [1.165, 1.54) is 30.6 Å². The monoisotopic (exact) mass is 325 g/mol. The zero-order valence-corrected chi connectivity index (χ0v) is 12.5. The van der Waals surface area contributed by atoms with Crippen molar-refractivity contribution in [2.45, 2.75) is 11.6 Å². The molecule has 21 heavy (non-hydrogen) atoms. The number of aromatic amines is 2. The first kappa shape index (κ1) is 13.9. The van der Waals surface area contributed by atoms with Crippen molar-refractivity contribution in [1.29, 1.82) is 0 Å². The molecule has 3 rings (SSSR count). The van der Waals surface area contributed by atoms with E-state index in [1.807, 2.05) is 0 Å². The third kappa shape index (κ3) is 2.48. The molecular weight excluding hydrogens is 314 g/mol. The largest absolute Gasteiger partial charge is 0.308 e. The summed E-state index contributed by atoms with van der Waals surface area (Å²) < 4.78 is 26.1. The minimum absolute atomic E-state index is 0.0102. The molecule has 0 spiro atoms. The maximum atomic E-state index is 12.2. The molecule has 0 saturated carbocycles. The third-order valence-electron chi connectivity index (χ3n) is 2.90. The second-order valence-electron chi connectivity index (χ2n) is 4.33. The van der Waals surface area contributed by atoms with Crippen LogP contribution in [0.1, 0.15) is 5.82 Å². The van der Waals surface area contributed by atoms with Crippen LogP contribution in [0.4, 0.5) is 0 Å². The van der Waals surface area contributed by atoms with Gasteiger partial charge in [-0.3, -0.25) is 9.89 Å². The number of thiophene rings is 1. The highest BCUT2D eigenvalue weighted by Crippen LogP contribution is 2.16. The summed E-state index contributed by atoms with van der Waals surface area (Å²) in [7, 11) is -2.28. The SMILES string of the molecule is CN(Cc1nc2ccsc2c(=O)[nH]1)S(=O)(=O)c1ccn[nH]1. The van der Waals surface area contributed by atoms with E-state index in [0.29, 0.717) is 10.2 Å². The first-order chi connectivity index (χ1) is 9.98. The number of rotatable bonds is 4. The Hall–Kier alpha value is -2.04. The molecule has 10 heteroatoms. The first-order valence-electron chi connectivity index (χ1n) is 5.90. The van der Waals surface area contributed by atoms with Crippen molar-refractivity contribution in [2.75, 3.05) is 7.05 Å². The Morgan fingerprint density at radius 3 is 2.90 bits per heavy atom. The summed E-state index contributed by atoms with van der Waals surface area (Å²) in [6, 6.07) is 3.09. The maximum absolute atomic E-state index is 12.2. The number of hydrogen-bond acceptors (Lipinski definition) is 6. The normalized spacial score (nSPS) is 12.3. The summed E-state index contributed by atoms with van der Waals surface area (Å²) in [5.74, 6) is 0.288. The van der Waals surface area contributed by atoms with E-state index in [-0.39, 0.29) is 23.0 Å². The molecule has 0 amide bonds. The number of sulfonamides is 1. The highest BCUT2D eigenvalue weighted by atomic mass is 32.2. The lowest BCUT2D eigenvalue weighted by Gasteiger charge is -2.15. The van der Waals surface area contributed by atoms with Crippen molar-refractivity contribution in [1.82, 2.24) is 24.5 Å². The molecule has 0 radical (unpaired) electrons. The molecule has 0 aliphatic rings. The van der Waals surface area contributed by atoms with E-state index >= 15 is 0 Å². The average molecular weight is 325 g/mol. The molecule has 0 fully saturated rings. The Morgan fingerprint density at radius 1 is 1.38 bits per heavy atom. The molecule has 3 aromatic heterocycles. The van der Waals surface area contributed by atoms with Crippen LogP contribution in [-0.4, -0.2) is 39.9 Å². The lowest BCUT2D eigenvalue weighted by Crippen LogP contribution is -2.28. The zero-order chi connectivity index (χ0) is 15.0. The number of fused-ring (bicyclic) bond motifs is 1. The van der Waals surface area contributed by atoms with Crippen LogP contribution in [0.25, 0.3) is 10.2 Å². The van der Waals surface area contributed by atoms with Gasteiger partial charge in [-0.1, -0.05) is 0 Å². The molecule has 0 saturated heterocycles. The molecule has 0 aliphatic heterocycles. The van der Waals surface area contributed by atoms with Crippen LogP contribution >= 0.6 is 11.3 Å². The summed E-state index contributed by atoms with van der Waals surface area (Å²) in [5, 5.41) is 7.79. The van der Waals surface area contributed by atoms with Crippen LogP contribution in [0, 0.1) is 0 Å². The van der Waals surface area contributed by atoms with Crippen LogP contribution in [0.2, 0.25) is 0 Å². The topological polar surface area (TPSA) is 112 Å². The molecule has 2 N–H and O–H groups in total. The lowest BCUT2D eigenvalue weighted by atomic mass is 10.4. The smallest absolute Gasteiger partial charge is 0.268 e. The Bertz CT molecular complexity index is 926. The molecule has 0 bridgehead atoms. The maximum Gasteiger partial charge on any atom is 0.268 e. The van der Waals surface area contributed by atoms with Gasteiger partial charge in [-0.05, 0) is 17.5 Å². The fourth-order valence-corrected chi connectivity index (χ4v) is 3.60. The van der Waals surface area contributed by atoms with Gasteiger partial charge in [0.2, 0.25) is 0 Å². The number of nitrogens with one attached hydrogen (secondary N) is 2. The van der Waals surface area contributed by atoms with Crippen LogP contribution in [0.3, 0.4) is 0 Å². The third-order valence-corrected chi connectivity index (χ3v) is 5.54.